The molecule has 0 saturated carbocycles. The van der Waals surface area contributed by atoms with Crippen molar-refractivity contribution in [2.24, 2.45) is 0 Å². The van der Waals surface area contributed by atoms with Crippen molar-refractivity contribution in [2.75, 3.05) is 19.0 Å². The van der Waals surface area contributed by atoms with Gasteiger partial charge >= 0.3 is 0 Å². The van der Waals surface area contributed by atoms with E-state index < -0.39 is 0 Å². The molecule has 1 aromatic rings. The highest BCUT2D eigenvalue weighted by molar-refractivity contribution is 5.92. The van der Waals surface area contributed by atoms with Gasteiger partial charge in [0.05, 0.1) is 0 Å². The first-order valence-corrected chi connectivity index (χ1v) is 5.56. The van der Waals surface area contributed by atoms with Gasteiger partial charge in [-0.3, -0.25) is 9.78 Å². The Morgan fingerprint density at radius 2 is 2.24 bits per heavy atom. The minimum absolute atomic E-state index is 0.118. The molecule has 0 radical (unpaired) electrons. The van der Waals surface area contributed by atoms with Gasteiger partial charge in [0.1, 0.15) is 5.69 Å². The summed E-state index contributed by atoms with van der Waals surface area (Å²) in [6.45, 7) is 4.10. The van der Waals surface area contributed by atoms with E-state index in [-0.39, 0.29) is 18.1 Å². The smallest absolute Gasteiger partial charge is 0.269 e. The number of aliphatic hydroxyl groups excluding tert-OH is 1. The molecule has 0 unspecified atom stereocenters. The summed E-state index contributed by atoms with van der Waals surface area (Å²) in [5.41, 5.74) is 0.963. The molecule has 0 bridgehead atoms. The van der Waals surface area contributed by atoms with E-state index in [0.717, 1.165) is 5.69 Å². The lowest BCUT2D eigenvalue weighted by Crippen LogP contribution is -2.32. The van der Waals surface area contributed by atoms with E-state index in [2.05, 4.69) is 15.6 Å². The van der Waals surface area contributed by atoms with Crippen LogP contribution in [0.5, 0.6) is 0 Å². The van der Waals surface area contributed by atoms with Crippen molar-refractivity contribution in [3.05, 3.63) is 24.0 Å². The third-order valence-corrected chi connectivity index (χ3v) is 2.44. The van der Waals surface area contributed by atoms with E-state index in [1.807, 2.05) is 13.8 Å². The molecule has 0 aromatic carbocycles. The lowest BCUT2D eigenvalue weighted by molar-refractivity contribution is 0.0958. The molecule has 0 aliphatic carbocycles. The summed E-state index contributed by atoms with van der Waals surface area (Å²) in [5, 5.41) is 14.7. The number of carbonyl (C=O) groups excluding carboxylic acids is 1. The number of nitrogens with one attached hydrogen (secondary N) is 2. The number of hydrogen-bond donors (Lipinski definition) is 3. The Kier molecular flexibility index (Phi) is 4.45. The number of rotatable bonds is 5. The molecule has 3 N–H and O–H groups in total. The fraction of sp³-hybridized carbons (Fsp3) is 0.500. The van der Waals surface area contributed by atoms with Gasteiger partial charge < -0.3 is 15.7 Å². The van der Waals surface area contributed by atoms with Crippen molar-refractivity contribution in [1.29, 1.82) is 0 Å². The van der Waals surface area contributed by atoms with Crippen LogP contribution in [0.4, 0.5) is 5.69 Å². The van der Waals surface area contributed by atoms with Gasteiger partial charge in [0.25, 0.3) is 5.91 Å². The lowest BCUT2D eigenvalue weighted by Gasteiger charge is -2.26. The van der Waals surface area contributed by atoms with Crippen LogP contribution in [0.3, 0.4) is 0 Å². The maximum Gasteiger partial charge on any atom is 0.269 e. The van der Waals surface area contributed by atoms with Gasteiger partial charge in [0, 0.05) is 31.1 Å². The van der Waals surface area contributed by atoms with Crippen LogP contribution >= 0.6 is 0 Å². The van der Waals surface area contributed by atoms with Crippen molar-refractivity contribution < 1.29 is 9.90 Å². The van der Waals surface area contributed by atoms with Gasteiger partial charge in [-0.15, -0.1) is 0 Å². The van der Waals surface area contributed by atoms with Crippen LogP contribution < -0.4 is 10.6 Å². The molecule has 1 aromatic heterocycles. The molecular weight excluding hydrogens is 218 g/mol. The Bertz CT molecular complexity index is 391. The highest BCUT2D eigenvalue weighted by Gasteiger charge is 2.17. The van der Waals surface area contributed by atoms with E-state index in [4.69, 9.17) is 5.11 Å². The predicted octanol–water partition coefficient (Wildman–Crippen LogP) is 1.01. The highest BCUT2D eigenvalue weighted by atomic mass is 16.3. The third kappa shape index (κ3) is 4.03. The maximum absolute atomic E-state index is 11.4. The first-order chi connectivity index (χ1) is 7.98. The summed E-state index contributed by atoms with van der Waals surface area (Å²) in [5.74, 6) is -0.214. The van der Waals surface area contributed by atoms with Gasteiger partial charge in [-0.05, 0) is 32.4 Å². The van der Waals surface area contributed by atoms with Crippen LogP contribution in [-0.4, -0.2) is 35.2 Å². The molecule has 0 fully saturated rings. The second kappa shape index (κ2) is 5.63. The third-order valence-electron chi connectivity index (χ3n) is 2.44. The van der Waals surface area contributed by atoms with E-state index >= 15 is 0 Å². The molecule has 0 spiro atoms. The monoisotopic (exact) mass is 237 g/mol. The molecule has 0 aliphatic rings. The topological polar surface area (TPSA) is 74.2 Å². The van der Waals surface area contributed by atoms with E-state index in [9.17, 15) is 4.79 Å². The van der Waals surface area contributed by atoms with Crippen molar-refractivity contribution in [2.45, 2.75) is 25.8 Å². The Morgan fingerprint density at radius 1 is 1.53 bits per heavy atom. The van der Waals surface area contributed by atoms with Gasteiger partial charge in [0.2, 0.25) is 0 Å². The molecule has 5 nitrogen and oxygen atoms in total. The summed E-state index contributed by atoms with van der Waals surface area (Å²) in [6.07, 6.45) is 2.21. The number of carbonyl (C=O) groups is 1. The fourth-order valence-corrected chi connectivity index (χ4v) is 1.49. The zero-order valence-corrected chi connectivity index (χ0v) is 10.4. The molecule has 0 aliphatic heterocycles. The van der Waals surface area contributed by atoms with Crippen LogP contribution in [0.15, 0.2) is 18.3 Å². The second-order valence-electron chi connectivity index (χ2n) is 4.49. The highest BCUT2D eigenvalue weighted by Crippen LogP contribution is 2.17. The first kappa shape index (κ1) is 13.4. The standard InChI is InChI=1S/C12H19N3O2/c1-12(2,5-7-16)15-9-4-6-14-10(8-9)11(17)13-3/h4,6,8,16H,5,7H2,1-3H3,(H,13,17)(H,14,15). The van der Waals surface area contributed by atoms with E-state index in [1.54, 1.807) is 25.4 Å². The number of amides is 1. The number of aliphatic hydroxyl groups is 1. The van der Waals surface area contributed by atoms with Gasteiger partial charge in [-0.25, -0.2) is 0 Å². The SMILES string of the molecule is CNC(=O)c1cc(NC(C)(C)CCO)ccn1. The lowest BCUT2D eigenvalue weighted by atomic mass is 10.0. The van der Waals surface area contributed by atoms with Crippen LogP contribution in [-0.2, 0) is 0 Å². The van der Waals surface area contributed by atoms with Crippen molar-refractivity contribution in [3.8, 4) is 0 Å². The molecular formula is C12H19N3O2. The van der Waals surface area contributed by atoms with Crippen molar-refractivity contribution >= 4 is 11.6 Å². The summed E-state index contributed by atoms with van der Waals surface area (Å²) < 4.78 is 0. The van der Waals surface area contributed by atoms with Gasteiger partial charge in [0.15, 0.2) is 0 Å². The number of hydrogen-bond acceptors (Lipinski definition) is 4. The van der Waals surface area contributed by atoms with E-state index in [0.29, 0.717) is 12.1 Å². The van der Waals surface area contributed by atoms with Crippen molar-refractivity contribution in [3.63, 3.8) is 0 Å². The molecule has 1 heterocycles. The minimum atomic E-state index is -0.226. The summed E-state index contributed by atoms with van der Waals surface area (Å²) in [4.78, 5) is 15.4. The maximum atomic E-state index is 11.4. The van der Waals surface area contributed by atoms with Crippen LogP contribution in [0.1, 0.15) is 30.8 Å². The van der Waals surface area contributed by atoms with Gasteiger partial charge in [-0.1, -0.05) is 0 Å². The number of anilines is 1. The van der Waals surface area contributed by atoms with Crippen LogP contribution in [0, 0.1) is 0 Å². The van der Waals surface area contributed by atoms with Crippen LogP contribution in [0.25, 0.3) is 0 Å². The van der Waals surface area contributed by atoms with Gasteiger partial charge in [-0.2, -0.15) is 0 Å². The Balaban J connectivity index is 2.82. The Labute approximate surface area is 101 Å². The normalized spacial score (nSPS) is 11.1. The minimum Gasteiger partial charge on any atom is -0.396 e. The fourth-order valence-electron chi connectivity index (χ4n) is 1.49. The molecule has 0 saturated heterocycles. The zero-order valence-electron chi connectivity index (χ0n) is 10.4. The van der Waals surface area contributed by atoms with Crippen molar-refractivity contribution in [1.82, 2.24) is 10.3 Å². The zero-order chi connectivity index (χ0) is 12.9. The van der Waals surface area contributed by atoms with E-state index in [1.165, 1.54) is 0 Å². The predicted molar refractivity (Wildman–Crippen MR) is 67.0 cm³/mol. The Morgan fingerprint density at radius 3 is 2.82 bits per heavy atom. The summed E-state index contributed by atoms with van der Waals surface area (Å²) in [6, 6.07) is 3.49. The Hall–Kier alpha value is -1.62. The quantitative estimate of drug-likeness (QED) is 0.714. The largest absolute Gasteiger partial charge is 0.396 e. The second-order valence-corrected chi connectivity index (χ2v) is 4.49. The average Bonchev–Trinajstić information content (AvgIpc) is 2.27. The molecule has 1 amide bonds. The molecule has 0 atom stereocenters. The molecule has 5 heteroatoms. The molecule has 17 heavy (non-hydrogen) atoms. The molecule has 1 rings (SSSR count). The first-order valence-electron chi connectivity index (χ1n) is 5.56. The van der Waals surface area contributed by atoms with Crippen LogP contribution in [0.2, 0.25) is 0 Å². The average molecular weight is 237 g/mol. The summed E-state index contributed by atoms with van der Waals surface area (Å²) in [7, 11) is 1.57. The number of nitrogens with zero attached hydrogens (tertiary/aromatic N) is 1. The molecule has 94 valence electrons. The number of aromatic nitrogens is 1. The number of pyridine rings is 1. The summed E-state index contributed by atoms with van der Waals surface area (Å²) >= 11 is 0.